The number of nitrogens with zero attached hydrogens (tertiary/aromatic N) is 1. The lowest BCUT2D eigenvalue weighted by molar-refractivity contribution is 0.0952. The van der Waals surface area contributed by atoms with Crippen LogP contribution < -0.4 is 14.9 Å². The number of amides is 1. The molecule has 1 amide bonds. The van der Waals surface area contributed by atoms with Crippen LogP contribution in [-0.2, 0) is 6.61 Å². The Hall–Kier alpha value is -3.59. The number of hydrogen-bond acceptors (Lipinski definition) is 5. The van der Waals surface area contributed by atoms with Crippen LogP contribution in [0.3, 0.4) is 0 Å². The molecule has 0 unspecified atom stereocenters. The van der Waals surface area contributed by atoms with Crippen molar-refractivity contribution in [3.05, 3.63) is 98.6 Å². The summed E-state index contributed by atoms with van der Waals surface area (Å²) in [4.78, 5) is 12.6. The van der Waals surface area contributed by atoms with Gasteiger partial charge in [-0.15, -0.1) is 0 Å². The van der Waals surface area contributed by atoms with Gasteiger partial charge in [-0.1, -0.05) is 54.1 Å². The number of rotatable bonds is 7. The molecular weight excluding hydrogens is 543 g/mol. The number of ether oxygens (including phenoxy) is 2. The molecule has 6 nitrogen and oxygen atoms in total. The van der Waals surface area contributed by atoms with Gasteiger partial charge in [0.05, 0.1) is 22.5 Å². The average Bonchev–Trinajstić information content (AvgIpc) is 2.83. The lowest BCUT2D eigenvalue weighted by Gasteiger charge is -2.13. The van der Waals surface area contributed by atoms with Crippen LogP contribution in [0.15, 0.2) is 77.9 Å². The summed E-state index contributed by atoms with van der Waals surface area (Å²) in [5.74, 6) is 0.613. The Balaban J connectivity index is 1.46. The van der Waals surface area contributed by atoms with Gasteiger partial charge in [0, 0.05) is 0 Å². The maximum absolute atomic E-state index is 12.6. The molecule has 2 N–H and O–H groups in total. The molecule has 0 aromatic heterocycles. The molecule has 0 aliphatic carbocycles. The van der Waals surface area contributed by atoms with Crippen LogP contribution >= 0.6 is 22.6 Å². The predicted octanol–water partition coefficient (Wildman–Crippen LogP) is 5.81. The minimum Gasteiger partial charge on any atom is -0.507 e. The molecule has 0 radical (unpaired) electrons. The number of carbonyl (C=O) groups is 1. The first-order chi connectivity index (χ1) is 16.4. The summed E-state index contributed by atoms with van der Waals surface area (Å²) in [6.45, 7) is 2.47. The van der Waals surface area contributed by atoms with Crippen molar-refractivity contribution >= 4 is 45.5 Å². The largest absolute Gasteiger partial charge is 0.507 e. The van der Waals surface area contributed by atoms with Gasteiger partial charge in [-0.05, 0) is 75.7 Å². The number of phenols is 1. The monoisotopic (exact) mass is 566 g/mol. The number of fused-ring (bicyclic) bond motifs is 1. The zero-order valence-electron chi connectivity index (χ0n) is 18.7. The molecule has 4 rings (SSSR count). The number of hydrazone groups is 1. The number of carbonyl (C=O) groups excluding carboxylic acids is 1. The molecule has 0 atom stereocenters. The first-order valence-corrected chi connectivity index (χ1v) is 11.6. The molecule has 0 spiro atoms. The van der Waals surface area contributed by atoms with E-state index in [2.05, 4.69) is 33.1 Å². The molecule has 0 heterocycles. The van der Waals surface area contributed by atoms with Gasteiger partial charge in [-0.2, -0.15) is 5.10 Å². The number of methoxy groups -OCH3 is 1. The summed E-state index contributed by atoms with van der Waals surface area (Å²) in [5.41, 5.74) is 5.62. The van der Waals surface area contributed by atoms with Crippen LogP contribution in [0.5, 0.6) is 17.2 Å². The van der Waals surface area contributed by atoms with Crippen LogP contribution in [-0.4, -0.2) is 24.3 Å². The van der Waals surface area contributed by atoms with E-state index in [1.165, 1.54) is 11.8 Å². The number of aromatic hydroxyl groups is 1. The summed E-state index contributed by atoms with van der Waals surface area (Å²) in [6, 6.07) is 22.5. The molecule has 4 aromatic rings. The number of aryl methyl sites for hydroxylation is 1. The first-order valence-electron chi connectivity index (χ1n) is 10.6. The molecule has 34 heavy (non-hydrogen) atoms. The molecule has 0 aliphatic heterocycles. The molecular formula is C27H23IN2O4. The SMILES string of the molecule is COc1cc(C=NNC(=O)c2cc3ccccc3cc2O)cc(I)c1OCc1ccc(C)cc1. The van der Waals surface area contributed by atoms with Crippen LogP contribution in [0.1, 0.15) is 27.0 Å². The Bertz CT molecular complexity index is 1370. The molecule has 7 heteroatoms. The highest BCUT2D eigenvalue weighted by atomic mass is 127. The van der Waals surface area contributed by atoms with Crippen molar-refractivity contribution in [1.29, 1.82) is 0 Å². The lowest BCUT2D eigenvalue weighted by Crippen LogP contribution is -2.17. The minimum absolute atomic E-state index is 0.0994. The van der Waals surface area contributed by atoms with Crippen LogP contribution in [0.25, 0.3) is 10.8 Å². The summed E-state index contributed by atoms with van der Waals surface area (Å²) in [5, 5.41) is 16.0. The number of halogens is 1. The smallest absolute Gasteiger partial charge is 0.275 e. The Morgan fingerprint density at radius 3 is 2.47 bits per heavy atom. The normalized spacial score (nSPS) is 11.0. The second-order valence-electron chi connectivity index (χ2n) is 7.72. The molecule has 172 valence electrons. The van der Waals surface area contributed by atoms with Gasteiger partial charge in [0.25, 0.3) is 5.91 Å². The van der Waals surface area contributed by atoms with E-state index in [9.17, 15) is 9.90 Å². The Morgan fingerprint density at radius 1 is 1.06 bits per heavy atom. The van der Waals surface area contributed by atoms with Crippen molar-refractivity contribution in [2.75, 3.05) is 7.11 Å². The number of hydrogen-bond donors (Lipinski definition) is 2. The number of phenolic OH excluding ortho intramolecular Hbond substituents is 1. The van der Waals surface area contributed by atoms with Gasteiger partial charge >= 0.3 is 0 Å². The van der Waals surface area contributed by atoms with Crippen molar-refractivity contribution in [2.45, 2.75) is 13.5 Å². The third-order valence-electron chi connectivity index (χ3n) is 5.24. The highest BCUT2D eigenvalue weighted by Gasteiger charge is 2.13. The zero-order valence-corrected chi connectivity index (χ0v) is 20.9. The topological polar surface area (TPSA) is 80.2 Å². The van der Waals surface area contributed by atoms with Crippen LogP contribution in [0.4, 0.5) is 0 Å². The summed E-state index contributed by atoms with van der Waals surface area (Å²) >= 11 is 2.18. The standard InChI is InChI=1S/C27H23IN2O4/c1-17-7-9-18(10-8-17)16-34-26-23(28)11-19(12-25(26)33-2)15-29-30-27(32)22-13-20-5-3-4-6-21(20)14-24(22)31/h3-15,31H,16H2,1-2H3,(H,30,32). The van der Waals surface area contributed by atoms with Gasteiger partial charge < -0.3 is 14.6 Å². The maximum atomic E-state index is 12.6. The third kappa shape index (κ3) is 5.48. The lowest BCUT2D eigenvalue weighted by atomic mass is 10.1. The highest BCUT2D eigenvalue weighted by Crippen LogP contribution is 2.34. The van der Waals surface area contributed by atoms with E-state index in [1.54, 1.807) is 25.3 Å². The van der Waals surface area contributed by atoms with E-state index in [4.69, 9.17) is 9.47 Å². The van der Waals surface area contributed by atoms with Crippen LogP contribution in [0, 0.1) is 10.5 Å². The van der Waals surface area contributed by atoms with Crippen molar-refractivity contribution in [1.82, 2.24) is 5.43 Å². The Kier molecular flexibility index (Phi) is 7.32. The van der Waals surface area contributed by atoms with Crippen molar-refractivity contribution in [3.63, 3.8) is 0 Å². The van der Waals surface area contributed by atoms with Crippen molar-refractivity contribution < 1.29 is 19.4 Å². The third-order valence-corrected chi connectivity index (χ3v) is 6.05. The maximum Gasteiger partial charge on any atom is 0.275 e. The van der Waals surface area contributed by atoms with E-state index >= 15 is 0 Å². The average molecular weight is 566 g/mol. The second-order valence-corrected chi connectivity index (χ2v) is 8.89. The summed E-state index contributed by atoms with van der Waals surface area (Å²) < 4.78 is 12.4. The molecule has 0 bridgehead atoms. The van der Waals surface area contributed by atoms with Crippen molar-refractivity contribution in [2.24, 2.45) is 5.10 Å². The molecule has 0 aliphatic rings. The van der Waals surface area contributed by atoms with E-state index < -0.39 is 5.91 Å². The summed E-state index contributed by atoms with van der Waals surface area (Å²) in [6.07, 6.45) is 1.52. The zero-order chi connectivity index (χ0) is 24.1. The fourth-order valence-corrected chi connectivity index (χ4v) is 4.21. The van der Waals surface area contributed by atoms with E-state index in [0.29, 0.717) is 18.1 Å². The van der Waals surface area contributed by atoms with E-state index in [-0.39, 0.29) is 11.3 Å². The fraction of sp³-hybridized carbons (Fsp3) is 0.111. The number of benzene rings is 4. The molecule has 0 saturated heterocycles. The minimum atomic E-state index is -0.501. The summed E-state index contributed by atoms with van der Waals surface area (Å²) in [7, 11) is 1.58. The molecule has 0 fully saturated rings. The molecule has 0 saturated carbocycles. The highest BCUT2D eigenvalue weighted by molar-refractivity contribution is 14.1. The fourth-order valence-electron chi connectivity index (χ4n) is 3.43. The van der Waals surface area contributed by atoms with Crippen LogP contribution in [0.2, 0.25) is 0 Å². The van der Waals surface area contributed by atoms with Gasteiger partial charge in [0.15, 0.2) is 11.5 Å². The van der Waals surface area contributed by atoms with Gasteiger partial charge in [0.2, 0.25) is 0 Å². The Labute approximate surface area is 211 Å². The van der Waals surface area contributed by atoms with Gasteiger partial charge in [0.1, 0.15) is 12.4 Å². The molecule has 4 aromatic carbocycles. The van der Waals surface area contributed by atoms with Crippen molar-refractivity contribution in [3.8, 4) is 17.2 Å². The van der Waals surface area contributed by atoms with E-state index in [0.717, 1.165) is 25.5 Å². The first kappa shape index (κ1) is 23.6. The predicted molar refractivity (Wildman–Crippen MR) is 142 cm³/mol. The number of nitrogens with one attached hydrogen (secondary N) is 1. The van der Waals surface area contributed by atoms with Gasteiger partial charge in [-0.25, -0.2) is 5.43 Å². The van der Waals surface area contributed by atoms with Gasteiger partial charge in [-0.3, -0.25) is 4.79 Å². The van der Waals surface area contributed by atoms with E-state index in [1.807, 2.05) is 61.5 Å². The second kappa shape index (κ2) is 10.6. The quantitative estimate of drug-likeness (QED) is 0.168. The Morgan fingerprint density at radius 2 is 1.76 bits per heavy atom.